The van der Waals surface area contributed by atoms with Gasteiger partial charge in [-0.1, -0.05) is 0 Å². The van der Waals surface area contributed by atoms with Crippen LogP contribution < -0.4 is 4.74 Å². The highest BCUT2D eigenvalue weighted by Gasteiger charge is 2.08. The minimum Gasteiger partial charge on any atom is -0.434 e. The third-order valence-electron chi connectivity index (χ3n) is 2.15. The van der Waals surface area contributed by atoms with Crippen LogP contribution in [0.15, 0.2) is 30.3 Å². The number of hydrogen-bond acceptors (Lipinski definition) is 5. The van der Waals surface area contributed by atoms with E-state index in [1.54, 1.807) is 6.07 Å². The molecule has 0 aliphatic carbocycles. The molecular formula is C10H5F2N5O. The van der Waals surface area contributed by atoms with Gasteiger partial charge in [-0.15, -0.1) is 14.8 Å². The molecule has 90 valence electrons. The maximum absolute atomic E-state index is 13.4. The molecule has 0 unspecified atom stereocenters. The molecule has 18 heavy (non-hydrogen) atoms. The largest absolute Gasteiger partial charge is 0.434 e. The molecule has 3 rings (SSSR count). The van der Waals surface area contributed by atoms with Crippen LogP contribution in [0.25, 0.3) is 5.65 Å². The molecule has 0 spiro atoms. The number of rotatable bonds is 2. The predicted molar refractivity (Wildman–Crippen MR) is 55.0 cm³/mol. The molecule has 0 aliphatic rings. The highest BCUT2D eigenvalue weighted by Crippen LogP contribution is 2.23. The van der Waals surface area contributed by atoms with Crippen molar-refractivity contribution in [3.63, 3.8) is 0 Å². The van der Waals surface area contributed by atoms with Crippen molar-refractivity contribution in [2.45, 2.75) is 0 Å². The quantitative estimate of drug-likeness (QED) is 0.690. The number of fused-ring (bicyclic) bond motifs is 1. The Bertz CT molecular complexity index is 714. The fraction of sp³-hybridized carbons (Fsp3) is 0. The first-order chi connectivity index (χ1) is 8.72. The molecule has 3 aromatic rings. The molecule has 1 aromatic carbocycles. The smallest absolute Gasteiger partial charge is 0.239 e. The van der Waals surface area contributed by atoms with E-state index in [1.807, 2.05) is 0 Å². The first-order valence-corrected chi connectivity index (χ1v) is 4.91. The summed E-state index contributed by atoms with van der Waals surface area (Å²) in [5, 5.41) is 14.5. The van der Waals surface area contributed by atoms with Crippen LogP contribution in [0.3, 0.4) is 0 Å². The fourth-order valence-electron chi connectivity index (χ4n) is 1.36. The first kappa shape index (κ1) is 10.5. The Balaban J connectivity index is 1.95. The number of tetrazole rings is 1. The molecule has 0 fully saturated rings. The topological polar surface area (TPSA) is 65.2 Å². The second kappa shape index (κ2) is 3.99. The third kappa shape index (κ3) is 1.83. The second-order valence-corrected chi connectivity index (χ2v) is 3.37. The molecule has 0 atom stereocenters. The zero-order valence-electron chi connectivity index (χ0n) is 8.79. The van der Waals surface area contributed by atoms with E-state index in [9.17, 15) is 8.78 Å². The number of halogens is 2. The summed E-state index contributed by atoms with van der Waals surface area (Å²) in [6.07, 6.45) is 0. The molecular weight excluding hydrogens is 244 g/mol. The van der Waals surface area contributed by atoms with Crippen LogP contribution in [0.4, 0.5) is 8.78 Å². The van der Waals surface area contributed by atoms with Gasteiger partial charge in [-0.3, -0.25) is 0 Å². The summed E-state index contributed by atoms with van der Waals surface area (Å²) in [7, 11) is 0. The van der Waals surface area contributed by atoms with Crippen molar-refractivity contribution in [2.75, 3.05) is 0 Å². The molecule has 0 saturated carbocycles. The van der Waals surface area contributed by atoms with E-state index in [0.717, 1.165) is 16.8 Å². The average Bonchev–Trinajstić information content (AvgIpc) is 2.80. The van der Waals surface area contributed by atoms with E-state index < -0.39 is 11.6 Å². The molecule has 2 aromatic heterocycles. The molecule has 0 amide bonds. The highest BCUT2D eigenvalue weighted by molar-refractivity contribution is 5.36. The Morgan fingerprint density at radius 1 is 1.11 bits per heavy atom. The molecule has 8 heteroatoms. The maximum Gasteiger partial charge on any atom is 0.239 e. The molecule has 6 nitrogen and oxygen atoms in total. The summed E-state index contributed by atoms with van der Waals surface area (Å²) >= 11 is 0. The summed E-state index contributed by atoms with van der Waals surface area (Å²) in [6.45, 7) is 0. The predicted octanol–water partition coefficient (Wildman–Crippen LogP) is 1.59. The number of hydrogen-bond donors (Lipinski definition) is 0. The summed E-state index contributed by atoms with van der Waals surface area (Å²) in [5.41, 5.74) is 0.432. The van der Waals surface area contributed by atoms with Crippen molar-refractivity contribution >= 4 is 5.65 Å². The van der Waals surface area contributed by atoms with Gasteiger partial charge in [0.1, 0.15) is 5.82 Å². The number of ether oxygens (including phenoxy) is 1. The summed E-state index contributed by atoms with van der Waals surface area (Å²) in [4.78, 5) is 0. The van der Waals surface area contributed by atoms with E-state index >= 15 is 0 Å². The lowest BCUT2D eigenvalue weighted by molar-refractivity contribution is 0.413. The SMILES string of the molecule is Fc1ccc(Oc2ccc3nnnn3n2)c(F)c1. The van der Waals surface area contributed by atoms with Crippen molar-refractivity contribution in [1.29, 1.82) is 0 Å². The van der Waals surface area contributed by atoms with Crippen molar-refractivity contribution in [2.24, 2.45) is 0 Å². The number of nitrogens with zero attached hydrogens (tertiary/aromatic N) is 5. The summed E-state index contributed by atoms with van der Waals surface area (Å²) < 4.78 is 32.4. The average molecular weight is 249 g/mol. The van der Waals surface area contributed by atoms with Gasteiger partial charge in [0.05, 0.1) is 0 Å². The molecule has 2 heterocycles. The molecule has 0 radical (unpaired) electrons. The standard InChI is InChI=1S/C10H5F2N5O/c11-6-1-2-8(7(12)5-6)18-10-4-3-9-13-15-16-17(9)14-10/h1-5H. The third-order valence-corrected chi connectivity index (χ3v) is 2.15. The van der Waals surface area contributed by atoms with E-state index in [2.05, 4.69) is 20.6 Å². The van der Waals surface area contributed by atoms with Crippen LogP contribution in [0.1, 0.15) is 0 Å². The van der Waals surface area contributed by atoms with Crippen LogP contribution in [-0.2, 0) is 0 Å². The normalized spacial score (nSPS) is 10.8. The van der Waals surface area contributed by atoms with Gasteiger partial charge in [-0.2, -0.15) is 0 Å². The second-order valence-electron chi connectivity index (χ2n) is 3.37. The highest BCUT2D eigenvalue weighted by atomic mass is 19.1. The van der Waals surface area contributed by atoms with Crippen molar-refractivity contribution < 1.29 is 13.5 Å². The number of benzene rings is 1. The van der Waals surface area contributed by atoms with Gasteiger partial charge in [0, 0.05) is 12.1 Å². The van der Waals surface area contributed by atoms with Crippen LogP contribution >= 0.6 is 0 Å². The van der Waals surface area contributed by atoms with E-state index in [0.29, 0.717) is 5.65 Å². The molecule has 0 aliphatic heterocycles. The monoisotopic (exact) mass is 249 g/mol. The maximum atomic E-state index is 13.4. The lowest BCUT2D eigenvalue weighted by Gasteiger charge is -2.04. The van der Waals surface area contributed by atoms with Gasteiger partial charge in [-0.05, 0) is 28.6 Å². The Kier molecular flexibility index (Phi) is 2.33. The summed E-state index contributed by atoms with van der Waals surface area (Å²) in [5.74, 6) is -1.52. The summed E-state index contributed by atoms with van der Waals surface area (Å²) in [6, 6.07) is 6.03. The van der Waals surface area contributed by atoms with Gasteiger partial charge in [0.2, 0.25) is 5.88 Å². The van der Waals surface area contributed by atoms with Crippen LogP contribution in [0.2, 0.25) is 0 Å². The van der Waals surface area contributed by atoms with Gasteiger partial charge in [0.15, 0.2) is 17.2 Å². The van der Waals surface area contributed by atoms with Crippen LogP contribution in [0, 0.1) is 11.6 Å². The molecule has 0 bridgehead atoms. The van der Waals surface area contributed by atoms with Crippen molar-refractivity contribution in [1.82, 2.24) is 25.3 Å². The van der Waals surface area contributed by atoms with Crippen LogP contribution in [-0.4, -0.2) is 25.3 Å². The first-order valence-electron chi connectivity index (χ1n) is 4.91. The van der Waals surface area contributed by atoms with Gasteiger partial charge < -0.3 is 4.74 Å². The van der Waals surface area contributed by atoms with Crippen LogP contribution in [0.5, 0.6) is 11.6 Å². The Labute approximate surface area is 98.8 Å². The Hall–Kier alpha value is -2.64. The minimum absolute atomic E-state index is 0.0975. The lowest BCUT2D eigenvalue weighted by atomic mass is 10.3. The van der Waals surface area contributed by atoms with E-state index in [-0.39, 0.29) is 11.6 Å². The Morgan fingerprint density at radius 3 is 2.83 bits per heavy atom. The van der Waals surface area contributed by atoms with E-state index in [1.165, 1.54) is 12.1 Å². The minimum atomic E-state index is -0.811. The lowest BCUT2D eigenvalue weighted by Crippen LogP contribution is -1.98. The van der Waals surface area contributed by atoms with Gasteiger partial charge >= 0.3 is 0 Å². The van der Waals surface area contributed by atoms with Crippen molar-refractivity contribution in [3.8, 4) is 11.6 Å². The number of aromatic nitrogens is 5. The van der Waals surface area contributed by atoms with Gasteiger partial charge in [0.25, 0.3) is 0 Å². The Morgan fingerprint density at radius 2 is 2.00 bits per heavy atom. The van der Waals surface area contributed by atoms with Crippen molar-refractivity contribution in [3.05, 3.63) is 42.0 Å². The molecule has 0 N–H and O–H groups in total. The zero-order valence-corrected chi connectivity index (χ0v) is 8.79. The van der Waals surface area contributed by atoms with E-state index in [4.69, 9.17) is 4.74 Å². The zero-order chi connectivity index (χ0) is 12.5. The molecule has 0 saturated heterocycles. The van der Waals surface area contributed by atoms with Gasteiger partial charge in [-0.25, -0.2) is 8.78 Å². The fourth-order valence-corrected chi connectivity index (χ4v) is 1.36.